The lowest BCUT2D eigenvalue weighted by atomic mass is 9.91. The molecule has 1 aliphatic carbocycles. The van der Waals surface area contributed by atoms with Crippen LogP contribution >= 0.6 is 0 Å². The van der Waals surface area contributed by atoms with Gasteiger partial charge >= 0.3 is 0 Å². The standard InChI is InChI=1S/C16H15F2NO2S/c17-13-8-4-9-14(18)16(13)22(20,21)19-15-10-3-6-11-5-1-2-7-12(11)15/h3-4,6,8-10,19H,1-2,5,7H2. The molecule has 22 heavy (non-hydrogen) atoms. The highest BCUT2D eigenvalue weighted by Gasteiger charge is 2.25. The van der Waals surface area contributed by atoms with Crippen molar-refractivity contribution >= 4 is 15.7 Å². The van der Waals surface area contributed by atoms with Crippen molar-refractivity contribution in [3.05, 3.63) is 59.2 Å². The predicted octanol–water partition coefficient (Wildman–Crippen LogP) is 3.64. The first-order valence-electron chi connectivity index (χ1n) is 7.06. The van der Waals surface area contributed by atoms with Gasteiger partial charge in [0.1, 0.15) is 11.6 Å². The maximum Gasteiger partial charge on any atom is 0.267 e. The molecular formula is C16H15F2NO2S. The minimum atomic E-state index is -4.31. The van der Waals surface area contributed by atoms with Gasteiger partial charge in [0, 0.05) is 0 Å². The fourth-order valence-electron chi connectivity index (χ4n) is 2.81. The number of anilines is 1. The number of benzene rings is 2. The fraction of sp³-hybridized carbons (Fsp3) is 0.250. The number of fused-ring (bicyclic) bond motifs is 1. The van der Waals surface area contributed by atoms with Crippen molar-refractivity contribution in [3.63, 3.8) is 0 Å². The third-order valence-electron chi connectivity index (χ3n) is 3.83. The second kappa shape index (κ2) is 5.68. The van der Waals surface area contributed by atoms with Gasteiger partial charge in [-0.25, -0.2) is 17.2 Å². The average Bonchev–Trinajstić information content (AvgIpc) is 2.47. The summed E-state index contributed by atoms with van der Waals surface area (Å²) in [5.74, 6) is -2.20. The number of hydrogen-bond donors (Lipinski definition) is 1. The lowest BCUT2D eigenvalue weighted by Crippen LogP contribution is -2.18. The summed E-state index contributed by atoms with van der Waals surface area (Å²) in [6, 6.07) is 8.32. The summed E-state index contributed by atoms with van der Waals surface area (Å²) in [4.78, 5) is -0.941. The summed E-state index contributed by atoms with van der Waals surface area (Å²) >= 11 is 0. The third kappa shape index (κ3) is 2.70. The lowest BCUT2D eigenvalue weighted by molar-refractivity contribution is 0.521. The Morgan fingerprint density at radius 2 is 1.55 bits per heavy atom. The van der Waals surface area contributed by atoms with Crippen LogP contribution < -0.4 is 4.72 Å². The fourth-order valence-corrected chi connectivity index (χ4v) is 4.04. The monoisotopic (exact) mass is 323 g/mol. The van der Waals surface area contributed by atoms with Crippen LogP contribution in [0.15, 0.2) is 41.3 Å². The van der Waals surface area contributed by atoms with E-state index >= 15 is 0 Å². The molecule has 0 saturated heterocycles. The molecule has 3 nitrogen and oxygen atoms in total. The average molecular weight is 323 g/mol. The van der Waals surface area contributed by atoms with E-state index in [1.54, 1.807) is 12.1 Å². The van der Waals surface area contributed by atoms with Crippen LogP contribution in [0.4, 0.5) is 14.5 Å². The van der Waals surface area contributed by atoms with Crippen LogP contribution in [0.3, 0.4) is 0 Å². The Hall–Kier alpha value is -1.95. The Labute approximate surface area is 128 Å². The topological polar surface area (TPSA) is 46.2 Å². The molecule has 0 unspecified atom stereocenters. The largest absolute Gasteiger partial charge is 0.279 e. The minimum absolute atomic E-state index is 0.403. The van der Waals surface area contributed by atoms with Crippen molar-refractivity contribution in [2.75, 3.05) is 4.72 Å². The van der Waals surface area contributed by atoms with Crippen LogP contribution in [0.25, 0.3) is 0 Å². The van der Waals surface area contributed by atoms with Crippen molar-refractivity contribution in [1.82, 2.24) is 0 Å². The molecule has 0 amide bonds. The number of aryl methyl sites for hydroxylation is 1. The van der Waals surface area contributed by atoms with Gasteiger partial charge < -0.3 is 0 Å². The first kappa shape index (κ1) is 15.0. The number of nitrogens with one attached hydrogen (secondary N) is 1. The van der Waals surface area contributed by atoms with Gasteiger partial charge in [-0.2, -0.15) is 0 Å². The summed E-state index contributed by atoms with van der Waals surface area (Å²) < 4.78 is 54.5. The van der Waals surface area contributed by atoms with Gasteiger partial charge in [0.25, 0.3) is 10.0 Å². The zero-order chi connectivity index (χ0) is 15.7. The molecule has 0 spiro atoms. The smallest absolute Gasteiger partial charge is 0.267 e. The highest BCUT2D eigenvalue weighted by molar-refractivity contribution is 7.92. The normalized spacial score (nSPS) is 14.5. The maximum absolute atomic E-state index is 13.7. The summed E-state index contributed by atoms with van der Waals surface area (Å²) in [7, 11) is -4.31. The number of hydrogen-bond acceptors (Lipinski definition) is 2. The molecule has 0 fully saturated rings. The molecule has 2 aromatic rings. The zero-order valence-electron chi connectivity index (χ0n) is 11.8. The summed E-state index contributed by atoms with van der Waals surface area (Å²) in [5, 5.41) is 0. The molecular weight excluding hydrogens is 308 g/mol. The molecule has 1 aliphatic rings. The molecule has 0 aromatic heterocycles. The van der Waals surface area contributed by atoms with Gasteiger partial charge in [-0.05, 0) is 55.0 Å². The van der Waals surface area contributed by atoms with Crippen LogP contribution in [0, 0.1) is 11.6 Å². The summed E-state index contributed by atoms with van der Waals surface area (Å²) in [6.45, 7) is 0. The van der Waals surface area contributed by atoms with Crippen molar-refractivity contribution in [1.29, 1.82) is 0 Å². The highest BCUT2D eigenvalue weighted by atomic mass is 32.2. The highest BCUT2D eigenvalue weighted by Crippen LogP contribution is 2.30. The van der Waals surface area contributed by atoms with Gasteiger partial charge in [0.05, 0.1) is 5.69 Å². The van der Waals surface area contributed by atoms with Crippen LogP contribution in [-0.2, 0) is 22.9 Å². The summed E-state index contributed by atoms with van der Waals surface area (Å²) in [6.07, 6.45) is 3.68. The van der Waals surface area contributed by atoms with Gasteiger partial charge in [-0.1, -0.05) is 18.2 Å². The molecule has 0 aliphatic heterocycles. The lowest BCUT2D eigenvalue weighted by Gasteiger charge is -2.20. The molecule has 116 valence electrons. The summed E-state index contributed by atoms with van der Waals surface area (Å²) in [5.41, 5.74) is 2.40. The van der Waals surface area contributed by atoms with Gasteiger partial charge in [0.2, 0.25) is 0 Å². The van der Waals surface area contributed by atoms with E-state index in [9.17, 15) is 17.2 Å². The first-order chi connectivity index (χ1) is 10.5. The van der Waals surface area contributed by atoms with Gasteiger partial charge in [-0.15, -0.1) is 0 Å². The second-order valence-corrected chi connectivity index (χ2v) is 6.93. The SMILES string of the molecule is O=S(=O)(Nc1cccc2c1CCCC2)c1c(F)cccc1F. The van der Waals surface area contributed by atoms with E-state index in [1.807, 2.05) is 6.07 Å². The minimum Gasteiger partial charge on any atom is -0.279 e. The Morgan fingerprint density at radius 1 is 0.909 bits per heavy atom. The van der Waals surface area contributed by atoms with E-state index in [1.165, 1.54) is 0 Å². The van der Waals surface area contributed by atoms with Gasteiger partial charge in [-0.3, -0.25) is 4.72 Å². The van der Waals surface area contributed by atoms with Crippen LogP contribution in [-0.4, -0.2) is 8.42 Å². The van der Waals surface area contributed by atoms with E-state index in [-0.39, 0.29) is 0 Å². The van der Waals surface area contributed by atoms with E-state index in [0.717, 1.165) is 55.0 Å². The quantitative estimate of drug-likeness (QED) is 0.937. The number of halogens is 2. The van der Waals surface area contributed by atoms with E-state index in [2.05, 4.69) is 4.72 Å². The van der Waals surface area contributed by atoms with Gasteiger partial charge in [0.15, 0.2) is 4.90 Å². The molecule has 6 heteroatoms. The molecule has 1 N–H and O–H groups in total. The van der Waals surface area contributed by atoms with Crippen molar-refractivity contribution in [3.8, 4) is 0 Å². The first-order valence-corrected chi connectivity index (χ1v) is 8.55. The van der Waals surface area contributed by atoms with E-state index in [4.69, 9.17) is 0 Å². The van der Waals surface area contributed by atoms with Crippen LogP contribution in [0.2, 0.25) is 0 Å². The molecule has 2 aromatic carbocycles. The molecule has 0 atom stereocenters. The maximum atomic E-state index is 13.7. The number of sulfonamides is 1. The van der Waals surface area contributed by atoms with Crippen LogP contribution in [0.5, 0.6) is 0 Å². The van der Waals surface area contributed by atoms with E-state index in [0.29, 0.717) is 5.69 Å². The van der Waals surface area contributed by atoms with Crippen molar-refractivity contribution < 1.29 is 17.2 Å². The Kier molecular flexibility index (Phi) is 3.87. The van der Waals surface area contributed by atoms with Crippen molar-refractivity contribution in [2.45, 2.75) is 30.6 Å². The zero-order valence-corrected chi connectivity index (χ0v) is 12.6. The molecule has 0 bridgehead atoms. The van der Waals surface area contributed by atoms with E-state index < -0.39 is 26.6 Å². The Bertz CT molecular complexity index is 799. The molecule has 0 radical (unpaired) electrons. The Balaban J connectivity index is 2.03. The van der Waals surface area contributed by atoms with Crippen molar-refractivity contribution in [2.24, 2.45) is 0 Å². The molecule has 0 saturated carbocycles. The van der Waals surface area contributed by atoms with Crippen LogP contribution in [0.1, 0.15) is 24.0 Å². The Morgan fingerprint density at radius 3 is 2.27 bits per heavy atom. The third-order valence-corrected chi connectivity index (χ3v) is 5.24. The predicted molar refractivity (Wildman–Crippen MR) is 80.3 cm³/mol. The second-order valence-electron chi connectivity index (χ2n) is 5.31. The molecule has 3 rings (SSSR count). The number of rotatable bonds is 3. The molecule has 0 heterocycles.